The molecule has 3 aliphatic rings. The summed E-state index contributed by atoms with van der Waals surface area (Å²) in [4.78, 5) is 29.8. The second-order valence-corrected chi connectivity index (χ2v) is 11.5. The maximum atomic E-state index is 13.3. The largest absolute Gasteiger partial charge is 0.379 e. The van der Waals surface area contributed by atoms with Crippen LogP contribution in [-0.4, -0.2) is 66.7 Å². The Kier molecular flexibility index (Phi) is 6.69. The van der Waals surface area contributed by atoms with Gasteiger partial charge < -0.3 is 20.1 Å². The molecule has 4 aromatic rings. The maximum absolute atomic E-state index is 13.3. The Balaban J connectivity index is 1.15. The molecule has 0 amide bonds. The van der Waals surface area contributed by atoms with E-state index in [1.54, 1.807) is 29.1 Å². The fourth-order valence-electron chi connectivity index (χ4n) is 6.30. The summed E-state index contributed by atoms with van der Waals surface area (Å²) in [5.41, 5.74) is 1.80. The van der Waals surface area contributed by atoms with Gasteiger partial charge in [-0.3, -0.25) is 4.79 Å². The van der Waals surface area contributed by atoms with Gasteiger partial charge in [-0.2, -0.15) is 4.98 Å². The highest BCUT2D eigenvalue weighted by Gasteiger charge is 2.39. The Morgan fingerprint density at radius 3 is 2.51 bits per heavy atom. The van der Waals surface area contributed by atoms with E-state index in [0.29, 0.717) is 34.4 Å². The van der Waals surface area contributed by atoms with E-state index < -0.39 is 5.60 Å². The minimum Gasteiger partial charge on any atom is -0.379 e. The lowest BCUT2D eigenvalue weighted by Crippen LogP contribution is -2.47. The maximum Gasteiger partial charge on any atom is 0.278 e. The number of ether oxygens (including phenoxy) is 1. The van der Waals surface area contributed by atoms with Crippen LogP contribution in [0, 0.1) is 0 Å². The van der Waals surface area contributed by atoms with E-state index in [1.807, 2.05) is 6.07 Å². The highest BCUT2D eigenvalue weighted by Crippen LogP contribution is 2.36. The van der Waals surface area contributed by atoms with Crippen LogP contribution < -0.4 is 10.9 Å². The van der Waals surface area contributed by atoms with Gasteiger partial charge in [-0.25, -0.2) is 19.3 Å². The molecule has 1 aromatic carbocycles. The predicted octanol–water partition coefficient (Wildman–Crippen LogP) is 3.86. The minimum atomic E-state index is -1.13. The molecule has 10 heteroatoms. The third-order valence-electron chi connectivity index (χ3n) is 8.83. The van der Waals surface area contributed by atoms with Crippen LogP contribution in [0.15, 0.2) is 66.1 Å². The smallest absolute Gasteiger partial charge is 0.278 e. The summed E-state index contributed by atoms with van der Waals surface area (Å²) in [6, 6.07) is 14.7. The lowest BCUT2D eigenvalue weighted by Gasteiger charge is -2.42. The number of nitrogens with one attached hydrogen (secondary N) is 1. The number of likely N-dealkylation sites (tertiary alicyclic amines) is 1. The van der Waals surface area contributed by atoms with Crippen molar-refractivity contribution in [3.63, 3.8) is 0 Å². The standard InChI is InChI=1S/C31H35N7O3/c1-2-15-37-29(39)25-18-32-30(35-28(25)38(37)27-6-3-5-26(34-27)31(40)19-41-20-31)33-23-11-7-21(8-12-23)22-9-13-24(14-10-22)36-16-4-17-36/h2-3,5-8,11-12,18,22,24,40H,1,4,9-10,13-17,19-20H2,(H,32,33,35)/t22-,24+. The third kappa shape index (κ3) is 4.75. The summed E-state index contributed by atoms with van der Waals surface area (Å²) >= 11 is 0. The van der Waals surface area contributed by atoms with Crippen LogP contribution in [0.3, 0.4) is 0 Å². The Morgan fingerprint density at radius 1 is 1.07 bits per heavy atom. The molecule has 5 heterocycles. The lowest BCUT2D eigenvalue weighted by molar-refractivity contribution is -0.186. The molecular formula is C31H35N7O3. The minimum absolute atomic E-state index is 0.185. The summed E-state index contributed by atoms with van der Waals surface area (Å²) < 4.78 is 8.40. The van der Waals surface area contributed by atoms with E-state index in [-0.39, 0.29) is 25.3 Å². The van der Waals surface area contributed by atoms with E-state index in [9.17, 15) is 9.90 Å². The summed E-state index contributed by atoms with van der Waals surface area (Å²) in [5.74, 6) is 1.46. The molecular weight excluding hydrogens is 518 g/mol. The van der Waals surface area contributed by atoms with Crippen molar-refractivity contribution in [2.45, 2.75) is 56.2 Å². The topological polar surface area (TPSA) is 110 Å². The Bertz CT molecular complexity index is 1630. The molecule has 1 saturated carbocycles. The van der Waals surface area contributed by atoms with Gasteiger partial charge in [0.25, 0.3) is 5.56 Å². The van der Waals surface area contributed by atoms with Crippen molar-refractivity contribution in [3.05, 3.63) is 82.9 Å². The van der Waals surface area contributed by atoms with E-state index in [0.717, 1.165) is 11.7 Å². The van der Waals surface area contributed by atoms with Gasteiger partial charge in [0.15, 0.2) is 17.1 Å². The number of aliphatic hydroxyl groups is 1. The van der Waals surface area contributed by atoms with Gasteiger partial charge >= 0.3 is 0 Å². The van der Waals surface area contributed by atoms with Crippen molar-refractivity contribution in [3.8, 4) is 5.82 Å². The van der Waals surface area contributed by atoms with Crippen molar-refractivity contribution >= 4 is 22.7 Å². The van der Waals surface area contributed by atoms with Gasteiger partial charge in [-0.15, -0.1) is 6.58 Å². The average molecular weight is 554 g/mol. The van der Waals surface area contributed by atoms with Gasteiger partial charge in [0.1, 0.15) is 5.39 Å². The molecule has 7 rings (SSSR count). The number of pyridine rings is 1. The SMILES string of the molecule is C=CCn1c(=O)c2cnc(Nc3ccc([C@H]4CC[C@@H](N5CCC5)CC4)cc3)nc2n1-c1cccc(C2(O)COC2)n1. The van der Waals surface area contributed by atoms with E-state index >= 15 is 0 Å². The number of hydrogen-bond acceptors (Lipinski definition) is 8. The molecule has 2 aliphatic heterocycles. The first kappa shape index (κ1) is 26.1. The van der Waals surface area contributed by atoms with Crippen LogP contribution >= 0.6 is 0 Å². The molecule has 3 aromatic heterocycles. The molecule has 0 atom stereocenters. The predicted molar refractivity (Wildman–Crippen MR) is 157 cm³/mol. The highest BCUT2D eigenvalue weighted by atomic mass is 16.5. The second kappa shape index (κ2) is 10.5. The molecule has 2 saturated heterocycles. The van der Waals surface area contributed by atoms with Crippen LogP contribution in [-0.2, 0) is 16.9 Å². The van der Waals surface area contributed by atoms with Crippen LogP contribution in [0.4, 0.5) is 11.6 Å². The number of anilines is 2. The number of hydrogen-bond donors (Lipinski definition) is 2. The number of benzene rings is 1. The van der Waals surface area contributed by atoms with Gasteiger partial charge in [-0.05, 0) is 80.9 Å². The average Bonchev–Trinajstić information content (AvgIpc) is 3.22. The van der Waals surface area contributed by atoms with Gasteiger partial charge in [0, 0.05) is 17.9 Å². The number of rotatable bonds is 8. The second-order valence-electron chi connectivity index (χ2n) is 11.5. The van der Waals surface area contributed by atoms with Crippen molar-refractivity contribution in [2.75, 3.05) is 31.6 Å². The fraction of sp³-hybridized carbons (Fsp3) is 0.419. The van der Waals surface area contributed by atoms with Crippen LogP contribution in [0.5, 0.6) is 0 Å². The quantitative estimate of drug-likeness (QED) is 0.317. The molecule has 212 valence electrons. The Morgan fingerprint density at radius 2 is 1.85 bits per heavy atom. The monoisotopic (exact) mass is 553 g/mol. The first-order chi connectivity index (χ1) is 20.0. The zero-order valence-electron chi connectivity index (χ0n) is 23.1. The van der Waals surface area contributed by atoms with Gasteiger partial charge in [0.05, 0.1) is 25.5 Å². The number of aromatic nitrogens is 5. The van der Waals surface area contributed by atoms with Crippen molar-refractivity contribution in [1.29, 1.82) is 0 Å². The zero-order valence-corrected chi connectivity index (χ0v) is 23.1. The number of fused-ring (bicyclic) bond motifs is 1. The fourth-order valence-corrected chi connectivity index (χ4v) is 6.30. The normalized spacial score (nSPS) is 22.2. The van der Waals surface area contributed by atoms with Gasteiger partial charge in [0.2, 0.25) is 5.95 Å². The summed E-state index contributed by atoms with van der Waals surface area (Å²) in [7, 11) is 0. The first-order valence-corrected chi connectivity index (χ1v) is 14.5. The van der Waals surface area contributed by atoms with Crippen molar-refractivity contribution < 1.29 is 9.84 Å². The van der Waals surface area contributed by atoms with E-state index in [4.69, 9.17) is 9.72 Å². The summed E-state index contributed by atoms with van der Waals surface area (Å²) in [6.07, 6.45) is 9.62. The molecule has 10 nitrogen and oxygen atoms in total. The number of allylic oxidation sites excluding steroid dienone is 1. The molecule has 0 bridgehead atoms. The van der Waals surface area contributed by atoms with Crippen molar-refractivity contribution in [1.82, 2.24) is 29.2 Å². The summed E-state index contributed by atoms with van der Waals surface area (Å²) in [5, 5.41) is 14.5. The highest BCUT2D eigenvalue weighted by molar-refractivity contribution is 5.77. The van der Waals surface area contributed by atoms with Crippen molar-refractivity contribution in [2.24, 2.45) is 0 Å². The first-order valence-electron chi connectivity index (χ1n) is 14.5. The third-order valence-corrected chi connectivity index (χ3v) is 8.83. The molecule has 3 fully saturated rings. The molecule has 0 spiro atoms. The Labute approximate surface area is 238 Å². The van der Waals surface area contributed by atoms with Crippen LogP contribution in [0.1, 0.15) is 49.3 Å². The Hall–Kier alpha value is -3.86. The zero-order chi connectivity index (χ0) is 28.0. The molecule has 2 N–H and O–H groups in total. The number of nitrogens with zero attached hydrogens (tertiary/aromatic N) is 6. The molecule has 41 heavy (non-hydrogen) atoms. The van der Waals surface area contributed by atoms with Gasteiger partial charge in [-0.1, -0.05) is 24.3 Å². The van der Waals surface area contributed by atoms with E-state index in [1.165, 1.54) is 55.4 Å². The molecule has 0 radical (unpaired) electrons. The molecule has 1 aliphatic carbocycles. The van der Waals surface area contributed by atoms with Crippen LogP contribution in [0.25, 0.3) is 16.9 Å². The summed E-state index contributed by atoms with van der Waals surface area (Å²) in [6.45, 7) is 7.00. The van der Waals surface area contributed by atoms with E-state index in [2.05, 4.69) is 51.0 Å². The lowest BCUT2D eigenvalue weighted by atomic mass is 9.80. The van der Waals surface area contributed by atoms with Crippen LogP contribution in [0.2, 0.25) is 0 Å². The molecule has 0 unspecified atom stereocenters.